The number of aromatic nitrogens is 1. The van der Waals surface area contributed by atoms with E-state index in [0.717, 1.165) is 27.4 Å². The first-order chi connectivity index (χ1) is 13.4. The van der Waals surface area contributed by atoms with Crippen LogP contribution >= 0.6 is 39.9 Å². The second-order valence-electron chi connectivity index (χ2n) is 6.31. The van der Waals surface area contributed by atoms with Gasteiger partial charge in [-0.25, -0.2) is 0 Å². The van der Waals surface area contributed by atoms with Gasteiger partial charge in [-0.05, 0) is 30.7 Å². The molecule has 1 aliphatic rings. The van der Waals surface area contributed by atoms with E-state index in [1.165, 1.54) is 16.7 Å². The Labute approximate surface area is 181 Å². The third-order valence-corrected chi connectivity index (χ3v) is 6.29. The minimum absolute atomic E-state index is 0.0673. The van der Waals surface area contributed by atoms with E-state index >= 15 is 0 Å². The topological polar surface area (TPSA) is 63.6 Å². The lowest BCUT2D eigenvalue weighted by atomic mass is 10.1. The smallest absolute Gasteiger partial charge is 0.265 e. The number of hydrogen-bond acceptors (Lipinski definition) is 5. The van der Waals surface area contributed by atoms with Crippen molar-refractivity contribution in [1.82, 2.24) is 14.8 Å². The molecule has 148 valence electrons. The molecule has 1 aromatic carbocycles. The van der Waals surface area contributed by atoms with Crippen molar-refractivity contribution < 1.29 is 14.3 Å². The van der Waals surface area contributed by atoms with Crippen molar-refractivity contribution in [2.75, 3.05) is 27.3 Å². The number of methoxy groups -OCH3 is 1. The van der Waals surface area contributed by atoms with Crippen LogP contribution in [0.25, 0.3) is 17.0 Å². The van der Waals surface area contributed by atoms with Gasteiger partial charge < -0.3 is 14.6 Å². The number of carbonyl (C=O) groups excluding carboxylic acids is 2. The molecule has 0 radical (unpaired) electrons. The second-order valence-corrected chi connectivity index (χ2v) is 8.90. The number of nitrogens with zero attached hydrogens (tertiary/aromatic N) is 2. The summed E-state index contributed by atoms with van der Waals surface area (Å²) in [5.74, 6) is -0.177. The van der Waals surface area contributed by atoms with Crippen LogP contribution in [0.15, 0.2) is 33.8 Å². The molecule has 2 amide bonds. The molecule has 1 aromatic heterocycles. The van der Waals surface area contributed by atoms with Gasteiger partial charge in [0.15, 0.2) is 0 Å². The van der Waals surface area contributed by atoms with Crippen LogP contribution in [-0.2, 0) is 20.9 Å². The number of carbonyl (C=O) groups is 2. The Morgan fingerprint density at radius 2 is 2.21 bits per heavy atom. The maximum Gasteiger partial charge on any atom is 0.265 e. The fourth-order valence-electron chi connectivity index (χ4n) is 2.88. The molecule has 3 rings (SSSR count). The maximum atomic E-state index is 12.3. The molecule has 2 heterocycles. The average Bonchev–Trinajstić information content (AvgIpc) is 3.11. The lowest BCUT2D eigenvalue weighted by Crippen LogP contribution is -2.28. The lowest BCUT2D eigenvalue weighted by Gasteiger charge is -2.07. The molecule has 0 aliphatic carbocycles. The first kappa shape index (κ1) is 21.0. The van der Waals surface area contributed by atoms with Crippen molar-refractivity contribution >= 4 is 73.0 Å². The van der Waals surface area contributed by atoms with Gasteiger partial charge >= 0.3 is 0 Å². The van der Waals surface area contributed by atoms with Crippen LogP contribution < -0.4 is 5.32 Å². The number of nitrogens with one attached hydrogen (secondary N) is 1. The number of amides is 2. The van der Waals surface area contributed by atoms with Crippen LogP contribution in [0.4, 0.5) is 0 Å². The Morgan fingerprint density at radius 1 is 1.43 bits per heavy atom. The Bertz CT molecular complexity index is 971. The molecule has 28 heavy (non-hydrogen) atoms. The fourth-order valence-corrected chi connectivity index (χ4v) is 4.42. The average molecular weight is 482 g/mol. The Morgan fingerprint density at radius 3 is 2.89 bits per heavy atom. The number of benzene rings is 1. The number of thioether (sulfide) groups is 1. The van der Waals surface area contributed by atoms with Gasteiger partial charge in [-0.3, -0.25) is 14.5 Å². The molecule has 0 bridgehead atoms. The number of rotatable bonds is 7. The van der Waals surface area contributed by atoms with Gasteiger partial charge in [-0.15, -0.1) is 0 Å². The molecule has 0 spiro atoms. The summed E-state index contributed by atoms with van der Waals surface area (Å²) >= 11 is 9.99. The summed E-state index contributed by atoms with van der Waals surface area (Å²) in [6.07, 6.45) is 4.50. The zero-order valence-electron chi connectivity index (χ0n) is 15.5. The standard InChI is InChI=1S/C19H20BrN3O3S2/c1-22-18(25)16(28-19(22)27)8-12-10-23(11-17(24)21-6-3-7-26-2)15-5-4-13(20)9-14(12)15/h4-5,8-10H,3,6-7,11H2,1-2H3,(H,21,24)/b16-8-. The highest BCUT2D eigenvalue weighted by Crippen LogP contribution is 2.34. The third-order valence-electron chi connectivity index (χ3n) is 4.31. The summed E-state index contributed by atoms with van der Waals surface area (Å²) in [5, 5.41) is 3.86. The molecule has 0 saturated carbocycles. The molecule has 1 fully saturated rings. The molecule has 0 atom stereocenters. The number of likely N-dealkylation sites (N-methyl/N-ethyl adjacent to an activating group) is 1. The van der Waals surface area contributed by atoms with E-state index in [1.54, 1.807) is 14.2 Å². The summed E-state index contributed by atoms with van der Waals surface area (Å²) in [6, 6.07) is 5.88. The van der Waals surface area contributed by atoms with Gasteiger partial charge in [0.1, 0.15) is 10.9 Å². The van der Waals surface area contributed by atoms with Crippen molar-refractivity contribution in [3.63, 3.8) is 0 Å². The summed E-state index contributed by atoms with van der Waals surface area (Å²) in [4.78, 5) is 26.7. The molecular weight excluding hydrogens is 462 g/mol. The highest BCUT2D eigenvalue weighted by molar-refractivity contribution is 9.10. The van der Waals surface area contributed by atoms with Gasteiger partial charge in [0.05, 0.1) is 4.91 Å². The van der Waals surface area contributed by atoms with E-state index in [9.17, 15) is 9.59 Å². The van der Waals surface area contributed by atoms with Crippen LogP contribution in [0.5, 0.6) is 0 Å². The van der Waals surface area contributed by atoms with Crippen LogP contribution in [0, 0.1) is 0 Å². The summed E-state index contributed by atoms with van der Waals surface area (Å²) in [7, 11) is 3.31. The number of hydrogen-bond donors (Lipinski definition) is 1. The zero-order valence-corrected chi connectivity index (χ0v) is 18.7. The van der Waals surface area contributed by atoms with Gasteiger partial charge in [0.25, 0.3) is 5.91 Å². The summed E-state index contributed by atoms with van der Waals surface area (Å²) in [5.41, 5.74) is 1.80. The Balaban J connectivity index is 1.88. The second kappa shape index (κ2) is 9.21. The molecule has 1 saturated heterocycles. The van der Waals surface area contributed by atoms with Crippen molar-refractivity contribution in [2.24, 2.45) is 0 Å². The molecule has 1 N–H and O–H groups in total. The highest BCUT2D eigenvalue weighted by atomic mass is 79.9. The first-order valence-corrected chi connectivity index (χ1v) is 10.7. The molecule has 0 unspecified atom stereocenters. The van der Waals surface area contributed by atoms with Crippen LogP contribution in [0.1, 0.15) is 12.0 Å². The number of ether oxygens (including phenoxy) is 1. The van der Waals surface area contributed by atoms with Crippen LogP contribution in [0.2, 0.25) is 0 Å². The lowest BCUT2D eigenvalue weighted by molar-refractivity contribution is -0.122. The first-order valence-electron chi connectivity index (χ1n) is 8.66. The van der Waals surface area contributed by atoms with E-state index in [1.807, 2.05) is 35.0 Å². The molecular formula is C19H20BrN3O3S2. The third kappa shape index (κ3) is 4.65. The predicted molar refractivity (Wildman–Crippen MR) is 120 cm³/mol. The Hall–Kier alpha value is -1.68. The maximum absolute atomic E-state index is 12.3. The van der Waals surface area contributed by atoms with Gasteiger partial charge in [-0.2, -0.15) is 0 Å². The van der Waals surface area contributed by atoms with Crippen LogP contribution in [0.3, 0.4) is 0 Å². The van der Waals surface area contributed by atoms with Crippen LogP contribution in [-0.4, -0.2) is 52.9 Å². The van der Waals surface area contributed by atoms with Crippen molar-refractivity contribution in [3.05, 3.63) is 39.3 Å². The summed E-state index contributed by atoms with van der Waals surface area (Å²) in [6.45, 7) is 1.39. The van der Waals surface area contributed by atoms with E-state index in [2.05, 4.69) is 21.2 Å². The fraction of sp³-hybridized carbons (Fsp3) is 0.316. The number of thiocarbonyl (C=S) groups is 1. The zero-order chi connectivity index (χ0) is 20.3. The van der Waals surface area contributed by atoms with Crippen molar-refractivity contribution in [1.29, 1.82) is 0 Å². The minimum atomic E-state index is -0.109. The van der Waals surface area contributed by atoms with Gasteiger partial charge in [-0.1, -0.05) is 39.9 Å². The van der Waals surface area contributed by atoms with Gasteiger partial charge in [0, 0.05) is 54.4 Å². The monoisotopic (exact) mass is 481 g/mol. The summed E-state index contributed by atoms with van der Waals surface area (Å²) < 4.78 is 8.36. The van der Waals surface area contributed by atoms with Gasteiger partial charge in [0.2, 0.25) is 5.91 Å². The van der Waals surface area contributed by atoms with Crippen molar-refractivity contribution in [3.8, 4) is 0 Å². The largest absolute Gasteiger partial charge is 0.385 e. The Kier molecular flexibility index (Phi) is 6.92. The SMILES string of the molecule is COCCCNC(=O)Cn1cc(/C=C2\SC(=S)N(C)C2=O)c2cc(Br)ccc21. The number of halogens is 1. The normalized spacial score (nSPS) is 15.8. The minimum Gasteiger partial charge on any atom is -0.385 e. The molecule has 6 nitrogen and oxygen atoms in total. The molecule has 9 heteroatoms. The predicted octanol–water partition coefficient (Wildman–Crippen LogP) is 3.39. The quantitative estimate of drug-likeness (QED) is 0.373. The van der Waals surface area contributed by atoms with E-state index < -0.39 is 0 Å². The number of fused-ring (bicyclic) bond motifs is 1. The van der Waals surface area contributed by atoms with E-state index in [4.69, 9.17) is 17.0 Å². The molecule has 1 aliphatic heterocycles. The van der Waals surface area contributed by atoms with E-state index in [0.29, 0.717) is 22.4 Å². The molecule has 2 aromatic rings. The van der Waals surface area contributed by atoms with E-state index in [-0.39, 0.29) is 18.4 Å². The highest BCUT2D eigenvalue weighted by Gasteiger charge is 2.29. The van der Waals surface area contributed by atoms with Crippen molar-refractivity contribution in [2.45, 2.75) is 13.0 Å².